The Morgan fingerprint density at radius 1 is 0.763 bits per heavy atom. The number of anilines is 4. The van der Waals surface area contributed by atoms with Gasteiger partial charge in [-0.1, -0.05) is 70.5 Å². The molecule has 0 atom stereocenters. The molecule has 4 aromatic carbocycles. The van der Waals surface area contributed by atoms with Crippen molar-refractivity contribution in [2.45, 2.75) is 12.8 Å². The van der Waals surface area contributed by atoms with Crippen LogP contribution in [0.3, 0.4) is 0 Å². The summed E-state index contributed by atoms with van der Waals surface area (Å²) in [5.74, 6) is 2.07. The molecule has 0 saturated carbocycles. The van der Waals surface area contributed by atoms with Crippen LogP contribution < -0.4 is 15.5 Å². The molecule has 9 rings (SSSR count). The predicted octanol–water partition coefficient (Wildman–Crippen LogP) is 9.67. The van der Waals surface area contributed by atoms with E-state index in [1.165, 1.54) is 22.3 Å². The van der Waals surface area contributed by atoms with Crippen LogP contribution in [-0.4, -0.2) is 104 Å². The van der Waals surface area contributed by atoms with Crippen molar-refractivity contribution in [2.24, 2.45) is 0 Å². The second kappa shape index (κ2) is 18.5. The Kier molecular flexibility index (Phi) is 12.4. The van der Waals surface area contributed by atoms with Gasteiger partial charge in [-0.3, -0.25) is 14.6 Å². The number of ether oxygens (including phenoxy) is 2. The van der Waals surface area contributed by atoms with Crippen molar-refractivity contribution in [2.75, 3.05) is 94.3 Å². The van der Waals surface area contributed by atoms with E-state index in [1.54, 1.807) is 0 Å². The summed E-state index contributed by atoms with van der Waals surface area (Å²) in [6.07, 6.45) is 3.90. The summed E-state index contributed by atoms with van der Waals surface area (Å²) in [4.78, 5) is 31.1. The molecule has 1 amide bonds. The largest absolute Gasteiger partial charge is 0.379 e. The number of hydrogen-bond donors (Lipinski definition) is 2. The molecule has 0 unspecified atom stereocenters. The number of carbonyl (C=O) groups is 1. The van der Waals surface area contributed by atoms with E-state index >= 15 is 0 Å². The van der Waals surface area contributed by atoms with E-state index < -0.39 is 0 Å². The van der Waals surface area contributed by atoms with Crippen LogP contribution in [0.5, 0.6) is 0 Å². The zero-order valence-corrected chi connectivity index (χ0v) is 35.4. The van der Waals surface area contributed by atoms with E-state index in [1.807, 2.05) is 41.9 Å². The van der Waals surface area contributed by atoms with Crippen molar-refractivity contribution in [3.05, 3.63) is 118 Å². The van der Waals surface area contributed by atoms with Crippen LogP contribution in [-0.2, 0) is 9.47 Å². The first-order chi connectivity index (χ1) is 29.1. The Morgan fingerprint density at radius 2 is 1.51 bits per heavy atom. The maximum atomic E-state index is 13.3. The lowest BCUT2D eigenvalue weighted by Gasteiger charge is -2.30. The van der Waals surface area contributed by atoms with Crippen LogP contribution in [0.1, 0.15) is 22.5 Å². The third-order valence-corrected chi connectivity index (χ3v) is 12.9. The van der Waals surface area contributed by atoms with Crippen molar-refractivity contribution in [3.63, 3.8) is 0 Å². The highest BCUT2D eigenvalue weighted by molar-refractivity contribution is 9.10. The standard InChI is InChI=1S/C47H48BrN7O3S/c48-42-9-2-8-40-41(42)32-44(52-47(56)43-10-3-29-59-43)51-46(40)55(20-5-19-54-23-27-58-28-24-54)36-14-13-33-30-35(12-11-34(33)31-36)37-6-1-7-39-38(37)15-17-50-45(39)49-16-4-18-53-21-25-57-26-22-53/h1-3,6-15,17,29-32H,4-5,16,18-28H2,(H,49,50)(H,51,52,56). The molecule has 2 N–H and O–H groups in total. The summed E-state index contributed by atoms with van der Waals surface area (Å²) in [6.45, 7) is 10.7. The number of amides is 1. The topological polar surface area (TPSA) is 95.1 Å². The van der Waals surface area contributed by atoms with E-state index in [0.717, 1.165) is 146 Å². The number of thiophene rings is 1. The molecule has 302 valence electrons. The van der Waals surface area contributed by atoms with Crippen molar-refractivity contribution < 1.29 is 14.3 Å². The summed E-state index contributed by atoms with van der Waals surface area (Å²) < 4.78 is 12.1. The van der Waals surface area contributed by atoms with E-state index in [-0.39, 0.29) is 5.91 Å². The molecule has 0 spiro atoms. The zero-order chi connectivity index (χ0) is 40.0. The van der Waals surface area contributed by atoms with E-state index in [4.69, 9.17) is 19.4 Å². The molecule has 0 radical (unpaired) electrons. The van der Waals surface area contributed by atoms with Gasteiger partial charge in [-0.25, -0.2) is 9.97 Å². The highest BCUT2D eigenvalue weighted by Crippen LogP contribution is 2.38. The maximum absolute atomic E-state index is 13.3. The Bertz CT molecular complexity index is 2560. The number of pyridine rings is 2. The van der Waals surface area contributed by atoms with Crippen molar-refractivity contribution in [3.8, 4) is 11.1 Å². The second-order valence-corrected chi connectivity index (χ2v) is 16.9. The molecule has 7 aromatic rings. The third-order valence-electron chi connectivity index (χ3n) is 11.3. The van der Waals surface area contributed by atoms with Gasteiger partial charge in [-0.15, -0.1) is 11.3 Å². The molecule has 0 aliphatic carbocycles. The Hall–Kier alpha value is -4.95. The summed E-state index contributed by atoms with van der Waals surface area (Å²) in [5.41, 5.74) is 3.39. The molecule has 0 bridgehead atoms. The highest BCUT2D eigenvalue weighted by Gasteiger charge is 2.20. The number of carbonyl (C=O) groups excluding carboxylic acids is 1. The van der Waals surface area contributed by atoms with Crippen LogP contribution in [0.4, 0.5) is 23.1 Å². The van der Waals surface area contributed by atoms with E-state index in [0.29, 0.717) is 10.7 Å². The van der Waals surface area contributed by atoms with Crippen LogP contribution in [0.25, 0.3) is 43.4 Å². The Labute approximate surface area is 357 Å². The minimum Gasteiger partial charge on any atom is -0.379 e. The molecular formula is C47H48BrN7O3S. The lowest BCUT2D eigenvalue weighted by Crippen LogP contribution is -2.37. The van der Waals surface area contributed by atoms with Gasteiger partial charge in [0.25, 0.3) is 5.91 Å². The minimum atomic E-state index is -0.167. The Morgan fingerprint density at radius 3 is 2.31 bits per heavy atom. The highest BCUT2D eigenvalue weighted by atomic mass is 79.9. The zero-order valence-electron chi connectivity index (χ0n) is 33.0. The number of benzene rings is 4. The van der Waals surface area contributed by atoms with Gasteiger partial charge < -0.3 is 25.0 Å². The van der Waals surface area contributed by atoms with Crippen LogP contribution in [0, 0.1) is 0 Å². The average Bonchev–Trinajstić information content (AvgIpc) is 3.83. The summed E-state index contributed by atoms with van der Waals surface area (Å²) in [6, 6.07) is 33.9. The molecule has 2 aliphatic heterocycles. The summed E-state index contributed by atoms with van der Waals surface area (Å²) in [5, 5.41) is 15.2. The van der Waals surface area contributed by atoms with Gasteiger partial charge in [0.1, 0.15) is 17.5 Å². The molecule has 3 aromatic heterocycles. The monoisotopic (exact) mass is 869 g/mol. The molecule has 2 saturated heterocycles. The van der Waals surface area contributed by atoms with Gasteiger partial charge in [0.15, 0.2) is 0 Å². The number of nitrogens with one attached hydrogen (secondary N) is 2. The first-order valence-electron chi connectivity index (χ1n) is 20.5. The number of aromatic nitrogens is 2. The fraction of sp³-hybridized carbons (Fsp3) is 0.298. The van der Waals surface area contributed by atoms with Crippen molar-refractivity contribution >= 4 is 88.6 Å². The normalized spacial score (nSPS) is 15.2. The average molecular weight is 871 g/mol. The van der Waals surface area contributed by atoms with Crippen molar-refractivity contribution in [1.82, 2.24) is 19.8 Å². The first kappa shape index (κ1) is 39.5. The number of hydrogen-bond acceptors (Lipinski definition) is 10. The van der Waals surface area contributed by atoms with Crippen LogP contribution in [0.15, 0.2) is 113 Å². The van der Waals surface area contributed by atoms with Gasteiger partial charge in [0.05, 0.1) is 31.3 Å². The molecular weight excluding hydrogens is 823 g/mol. The molecule has 5 heterocycles. The number of morpholine rings is 2. The molecule has 10 nitrogen and oxygen atoms in total. The number of halogens is 1. The quantitative estimate of drug-likeness (QED) is 0.104. The smallest absolute Gasteiger partial charge is 0.266 e. The van der Waals surface area contributed by atoms with E-state index in [9.17, 15) is 4.79 Å². The molecule has 2 aliphatic rings. The fourth-order valence-corrected chi connectivity index (χ4v) is 9.31. The van der Waals surface area contributed by atoms with Crippen molar-refractivity contribution in [1.29, 1.82) is 0 Å². The van der Waals surface area contributed by atoms with Gasteiger partial charge in [0.2, 0.25) is 0 Å². The van der Waals surface area contributed by atoms with Gasteiger partial charge in [0, 0.05) is 78.3 Å². The lowest BCUT2D eigenvalue weighted by molar-refractivity contribution is 0.0377. The maximum Gasteiger partial charge on any atom is 0.266 e. The molecule has 2 fully saturated rings. The fourth-order valence-electron chi connectivity index (χ4n) is 8.21. The SMILES string of the molecule is O=C(Nc1cc2c(Br)cccc2c(N(CCCN2CCOCC2)c2ccc3cc(-c4cccc5c(NCCCN6CCOCC6)nccc45)ccc3c2)n1)c1cccs1. The molecule has 59 heavy (non-hydrogen) atoms. The van der Waals surface area contributed by atoms with Gasteiger partial charge in [-0.05, 0) is 94.5 Å². The first-order valence-corrected chi connectivity index (χ1v) is 22.2. The van der Waals surface area contributed by atoms with Gasteiger partial charge in [-0.2, -0.15) is 0 Å². The molecule has 12 heteroatoms. The van der Waals surface area contributed by atoms with Crippen LogP contribution >= 0.6 is 27.3 Å². The summed E-state index contributed by atoms with van der Waals surface area (Å²) >= 11 is 5.21. The lowest BCUT2D eigenvalue weighted by atomic mass is 9.96. The van der Waals surface area contributed by atoms with Gasteiger partial charge >= 0.3 is 0 Å². The Balaban J connectivity index is 1.02. The second-order valence-electron chi connectivity index (χ2n) is 15.1. The predicted molar refractivity (Wildman–Crippen MR) is 246 cm³/mol. The minimum absolute atomic E-state index is 0.167. The number of rotatable bonds is 14. The summed E-state index contributed by atoms with van der Waals surface area (Å²) in [7, 11) is 0. The number of fused-ring (bicyclic) bond motifs is 3. The third kappa shape index (κ3) is 9.13. The van der Waals surface area contributed by atoms with Crippen LogP contribution in [0.2, 0.25) is 0 Å². The van der Waals surface area contributed by atoms with E-state index in [2.05, 4.69) is 108 Å². The number of nitrogens with zero attached hydrogens (tertiary/aromatic N) is 5.